The van der Waals surface area contributed by atoms with E-state index < -0.39 is 23.9 Å². The Morgan fingerprint density at radius 2 is 2.00 bits per heavy atom. The molecule has 1 saturated heterocycles. The maximum Gasteiger partial charge on any atom is 0.254 e. The predicted octanol–water partition coefficient (Wildman–Crippen LogP) is 1.57. The maximum absolute atomic E-state index is 14.1. The number of amides is 1. The van der Waals surface area contributed by atoms with E-state index in [4.69, 9.17) is 10.5 Å². The van der Waals surface area contributed by atoms with Crippen LogP contribution in [0.5, 0.6) is 11.5 Å². The third kappa shape index (κ3) is 5.03. The van der Waals surface area contributed by atoms with Crippen LogP contribution in [0.15, 0.2) is 42.5 Å². The highest BCUT2D eigenvalue weighted by atomic mass is 19.1. The van der Waals surface area contributed by atoms with E-state index >= 15 is 0 Å². The average molecular weight is 373 g/mol. The first-order valence-corrected chi connectivity index (χ1v) is 9.03. The van der Waals surface area contributed by atoms with Crippen LogP contribution in [-0.4, -0.2) is 42.8 Å². The van der Waals surface area contributed by atoms with Gasteiger partial charge < -0.3 is 26.2 Å². The summed E-state index contributed by atoms with van der Waals surface area (Å²) < 4.78 is 19.9. The molecule has 1 amide bonds. The number of aliphatic hydroxyl groups excluding tert-OH is 1. The van der Waals surface area contributed by atoms with Gasteiger partial charge in [-0.05, 0) is 61.8 Å². The Hall–Kier alpha value is -2.48. The van der Waals surface area contributed by atoms with Crippen molar-refractivity contribution < 1.29 is 19.0 Å². The topological polar surface area (TPSA) is 96.6 Å². The van der Waals surface area contributed by atoms with Gasteiger partial charge in [0.1, 0.15) is 17.3 Å². The van der Waals surface area contributed by atoms with Gasteiger partial charge >= 0.3 is 0 Å². The predicted molar refractivity (Wildman–Crippen MR) is 100 cm³/mol. The second-order valence-electron chi connectivity index (χ2n) is 6.57. The number of piperidine rings is 1. The van der Waals surface area contributed by atoms with Crippen molar-refractivity contribution in [1.82, 2.24) is 10.6 Å². The summed E-state index contributed by atoms with van der Waals surface area (Å²) in [5.41, 5.74) is 6.51. The minimum absolute atomic E-state index is 0.120. The highest BCUT2D eigenvalue weighted by Gasteiger charge is 2.25. The number of aliphatic hydroxyl groups is 1. The van der Waals surface area contributed by atoms with E-state index in [0.29, 0.717) is 37.6 Å². The zero-order valence-electron chi connectivity index (χ0n) is 15.0. The monoisotopic (exact) mass is 373 g/mol. The molecule has 0 bridgehead atoms. The number of ether oxygens (including phenoxy) is 1. The number of nitrogens with one attached hydrogen (secondary N) is 2. The van der Waals surface area contributed by atoms with Gasteiger partial charge in [0.05, 0.1) is 17.7 Å². The lowest BCUT2D eigenvalue weighted by Gasteiger charge is -2.29. The highest BCUT2D eigenvalue weighted by molar-refractivity contribution is 5.95. The Bertz CT molecular complexity index is 783. The van der Waals surface area contributed by atoms with Crippen molar-refractivity contribution in [3.8, 4) is 11.5 Å². The van der Waals surface area contributed by atoms with Crippen molar-refractivity contribution in [2.24, 2.45) is 5.73 Å². The van der Waals surface area contributed by atoms with Gasteiger partial charge in [-0.2, -0.15) is 0 Å². The molecule has 6 nitrogen and oxygen atoms in total. The molecular formula is C20H24FN3O3. The van der Waals surface area contributed by atoms with Crippen LogP contribution in [-0.2, 0) is 6.42 Å². The lowest BCUT2D eigenvalue weighted by Crippen LogP contribution is -2.53. The molecule has 1 aliphatic heterocycles. The molecule has 2 aromatic carbocycles. The number of nitrogens with two attached hydrogens (primary N) is 1. The number of hydrogen-bond donors (Lipinski definition) is 4. The summed E-state index contributed by atoms with van der Waals surface area (Å²) in [6.07, 6.45) is 0.671. The van der Waals surface area contributed by atoms with Crippen molar-refractivity contribution in [3.05, 3.63) is 59.4 Å². The first kappa shape index (κ1) is 19.3. The van der Waals surface area contributed by atoms with Gasteiger partial charge in [0.25, 0.3) is 5.91 Å². The third-order valence-corrected chi connectivity index (χ3v) is 4.54. The van der Waals surface area contributed by atoms with Crippen LogP contribution >= 0.6 is 0 Å². The molecule has 1 heterocycles. The quantitative estimate of drug-likeness (QED) is 0.616. The average Bonchev–Trinajstić information content (AvgIpc) is 2.67. The standard InChI is InChI=1S/C20H24FN3O3/c21-17-6-5-15(27-14-3-1-13(2-4-14)7-9-22)11-16(17)20(26)24-18-12-23-10-8-19(18)25/h1-6,11,18-19,23,25H,7-10,12,22H2,(H,24,26)/t18-,19+/m0/s1. The van der Waals surface area contributed by atoms with E-state index in [9.17, 15) is 14.3 Å². The second kappa shape index (κ2) is 8.94. The fourth-order valence-corrected chi connectivity index (χ4v) is 3.01. The van der Waals surface area contributed by atoms with E-state index in [-0.39, 0.29) is 5.56 Å². The van der Waals surface area contributed by atoms with E-state index in [1.54, 1.807) is 12.1 Å². The molecule has 0 aromatic heterocycles. The highest BCUT2D eigenvalue weighted by Crippen LogP contribution is 2.24. The van der Waals surface area contributed by atoms with Crippen molar-refractivity contribution in [2.75, 3.05) is 19.6 Å². The lowest BCUT2D eigenvalue weighted by molar-refractivity contribution is 0.0751. The van der Waals surface area contributed by atoms with Crippen LogP contribution in [0, 0.1) is 5.82 Å². The minimum atomic E-state index is -0.648. The van der Waals surface area contributed by atoms with E-state index in [1.165, 1.54) is 18.2 Å². The number of hydrogen-bond acceptors (Lipinski definition) is 5. The SMILES string of the molecule is NCCc1ccc(Oc2ccc(F)c(C(=O)N[C@H]3CNCC[C@H]3O)c2)cc1. The third-order valence-electron chi connectivity index (χ3n) is 4.54. The Morgan fingerprint density at radius 3 is 2.70 bits per heavy atom. The molecule has 0 radical (unpaired) electrons. The van der Waals surface area contributed by atoms with Crippen LogP contribution < -0.4 is 21.1 Å². The van der Waals surface area contributed by atoms with Gasteiger partial charge in [-0.1, -0.05) is 12.1 Å². The number of carbonyl (C=O) groups is 1. The number of rotatable bonds is 6. The van der Waals surface area contributed by atoms with Crippen LogP contribution in [0.25, 0.3) is 0 Å². The van der Waals surface area contributed by atoms with Gasteiger partial charge in [0.15, 0.2) is 0 Å². The molecule has 0 spiro atoms. The molecule has 0 saturated carbocycles. The number of benzene rings is 2. The summed E-state index contributed by atoms with van der Waals surface area (Å²) >= 11 is 0. The fourth-order valence-electron chi connectivity index (χ4n) is 3.01. The van der Waals surface area contributed by atoms with E-state index in [2.05, 4.69) is 10.6 Å². The van der Waals surface area contributed by atoms with Crippen LogP contribution in [0.2, 0.25) is 0 Å². The fraction of sp³-hybridized carbons (Fsp3) is 0.350. The Labute approximate surface area is 157 Å². The molecule has 1 aliphatic rings. The summed E-state index contributed by atoms with van der Waals surface area (Å²) in [7, 11) is 0. The molecule has 2 atom stereocenters. The first-order valence-electron chi connectivity index (χ1n) is 9.03. The van der Waals surface area contributed by atoms with Crippen LogP contribution in [0.1, 0.15) is 22.3 Å². The smallest absolute Gasteiger partial charge is 0.254 e. The molecule has 0 unspecified atom stereocenters. The summed E-state index contributed by atoms with van der Waals surface area (Å²) in [5, 5.41) is 15.7. The Balaban J connectivity index is 1.70. The molecule has 2 aromatic rings. The van der Waals surface area contributed by atoms with Gasteiger partial charge in [-0.3, -0.25) is 4.79 Å². The molecular weight excluding hydrogens is 349 g/mol. The second-order valence-corrected chi connectivity index (χ2v) is 6.57. The summed E-state index contributed by atoms with van der Waals surface area (Å²) in [4.78, 5) is 12.4. The normalized spacial score (nSPS) is 19.5. The summed E-state index contributed by atoms with van der Waals surface area (Å²) in [6, 6.07) is 11.0. The maximum atomic E-state index is 14.1. The minimum Gasteiger partial charge on any atom is -0.457 e. The summed E-state index contributed by atoms with van der Waals surface area (Å²) in [6.45, 7) is 1.71. The Morgan fingerprint density at radius 1 is 1.26 bits per heavy atom. The first-order chi connectivity index (χ1) is 13.1. The number of halogens is 1. The molecule has 7 heteroatoms. The van der Waals surface area contributed by atoms with Crippen LogP contribution in [0.3, 0.4) is 0 Å². The molecule has 27 heavy (non-hydrogen) atoms. The molecule has 5 N–H and O–H groups in total. The van der Waals surface area contributed by atoms with Gasteiger partial charge in [-0.25, -0.2) is 4.39 Å². The Kier molecular flexibility index (Phi) is 6.39. The van der Waals surface area contributed by atoms with Crippen molar-refractivity contribution >= 4 is 5.91 Å². The van der Waals surface area contributed by atoms with Crippen molar-refractivity contribution in [1.29, 1.82) is 0 Å². The molecule has 0 aliphatic carbocycles. The van der Waals surface area contributed by atoms with Gasteiger partial charge in [-0.15, -0.1) is 0 Å². The largest absolute Gasteiger partial charge is 0.457 e. The summed E-state index contributed by atoms with van der Waals surface area (Å²) in [5.74, 6) is -0.281. The van der Waals surface area contributed by atoms with Gasteiger partial charge in [0.2, 0.25) is 0 Å². The van der Waals surface area contributed by atoms with Crippen LogP contribution in [0.4, 0.5) is 4.39 Å². The van der Waals surface area contributed by atoms with E-state index in [0.717, 1.165) is 12.0 Å². The zero-order valence-corrected chi connectivity index (χ0v) is 15.0. The van der Waals surface area contributed by atoms with Gasteiger partial charge in [0, 0.05) is 6.54 Å². The molecule has 3 rings (SSSR count). The lowest BCUT2D eigenvalue weighted by atomic mass is 10.0. The van der Waals surface area contributed by atoms with E-state index in [1.807, 2.05) is 12.1 Å². The van der Waals surface area contributed by atoms with Crippen molar-refractivity contribution in [3.63, 3.8) is 0 Å². The number of carbonyl (C=O) groups excluding carboxylic acids is 1. The zero-order chi connectivity index (χ0) is 19.2. The molecule has 1 fully saturated rings. The van der Waals surface area contributed by atoms with Crippen molar-refractivity contribution in [2.45, 2.75) is 25.0 Å². The molecule has 144 valence electrons.